The molecule has 0 aliphatic heterocycles. The molecule has 0 heterocycles. The molecule has 2 aliphatic carbocycles. The molecule has 4 rings (SSSR count). The highest BCUT2D eigenvalue weighted by atomic mass is 16.6. The van der Waals surface area contributed by atoms with Crippen molar-refractivity contribution in [2.24, 2.45) is 5.92 Å². The van der Waals surface area contributed by atoms with Gasteiger partial charge in [0.1, 0.15) is 18.1 Å². The molecule has 1 amide bonds. The average Bonchev–Trinajstić information content (AvgIpc) is 3.28. The summed E-state index contributed by atoms with van der Waals surface area (Å²) < 4.78 is 16.9. The minimum atomic E-state index is -0.967. The second-order valence-corrected chi connectivity index (χ2v) is 9.37. The number of nitrogens with zero attached hydrogens (tertiary/aromatic N) is 1. The fourth-order valence-corrected chi connectivity index (χ4v) is 4.65. The van der Waals surface area contributed by atoms with Crippen LogP contribution >= 0.6 is 0 Å². The summed E-state index contributed by atoms with van der Waals surface area (Å²) >= 11 is 0. The Morgan fingerprint density at radius 3 is 2.46 bits per heavy atom. The molecule has 1 N–H and O–H groups in total. The Bertz CT molecular complexity index is 1000. The monoisotopic (exact) mass is 481 g/mol. The zero-order valence-corrected chi connectivity index (χ0v) is 20.4. The molecule has 2 aromatic carbocycles. The number of ether oxygens (including phenoxy) is 3. The van der Waals surface area contributed by atoms with Crippen LogP contribution in [-0.4, -0.2) is 54.5 Å². The lowest BCUT2D eigenvalue weighted by molar-refractivity contribution is -0.149. The van der Waals surface area contributed by atoms with E-state index in [-0.39, 0.29) is 6.09 Å². The number of carbonyl (C=O) groups excluding carboxylic acids is 1. The first kappa shape index (κ1) is 25.0. The van der Waals surface area contributed by atoms with Gasteiger partial charge >= 0.3 is 12.1 Å². The number of amides is 1. The molecule has 0 spiro atoms. The van der Waals surface area contributed by atoms with Crippen LogP contribution in [0, 0.1) is 5.92 Å². The summed E-state index contributed by atoms with van der Waals surface area (Å²) in [6.07, 6.45) is 5.91. The van der Waals surface area contributed by atoms with E-state index in [0.717, 1.165) is 37.7 Å². The predicted molar refractivity (Wildman–Crippen MR) is 132 cm³/mol. The molecular formula is C28H35NO6. The van der Waals surface area contributed by atoms with E-state index in [0.29, 0.717) is 50.1 Å². The van der Waals surface area contributed by atoms with Gasteiger partial charge in [0, 0.05) is 19.6 Å². The molecule has 7 heteroatoms. The maximum atomic E-state index is 13.0. The SMILES string of the molecule is CCOC(Cc1ccc(OCCN(CC2CCC2)C(=O)Oc2ccc3c(c2)CCC3)cc1)C(=O)O. The van der Waals surface area contributed by atoms with Gasteiger partial charge in [-0.05, 0) is 85.9 Å². The lowest BCUT2D eigenvalue weighted by Gasteiger charge is -2.31. The minimum absolute atomic E-state index is 0.299. The van der Waals surface area contributed by atoms with Crippen molar-refractivity contribution in [3.63, 3.8) is 0 Å². The van der Waals surface area contributed by atoms with E-state index < -0.39 is 12.1 Å². The van der Waals surface area contributed by atoms with E-state index in [1.807, 2.05) is 36.4 Å². The van der Waals surface area contributed by atoms with Crippen LogP contribution < -0.4 is 9.47 Å². The van der Waals surface area contributed by atoms with Crippen LogP contribution in [0.1, 0.15) is 49.3 Å². The number of benzene rings is 2. The molecule has 0 aromatic heterocycles. The fourth-order valence-electron chi connectivity index (χ4n) is 4.65. The molecule has 2 aromatic rings. The van der Waals surface area contributed by atoms with E-state index in [4.69, 9.17) is 14.2 Å². The zero-order valence-electron chi connectivity index (χ0n) is 20.4. The van der Waals surface area contributed by atoms with Gasteiger partial charge in [-0.1, -0.05) is 24.6 Å². The van der Waals surface area contributed by atoms with Gasteiger partial charge in [-0.15, -0.1) is 0 Å². The third-order valence-electron chi connectivity index (χ3n) is 6.85. The maximum Gasteiger partial charge on any atom is 0.415 e. The first-order valence-electron chi connectivity index (χ1n) is 12.7. The molecule has 7 nitrogen and oxygen atoms in total. The molecule has 35 heavy (non-hydrogen) atoms. The molecule has 2 aliphatic rings. The first-order valence-corrected chi connectivity index (χ1v) is 12.7. The third kappa shape index (κ3) is 6.98. The summed E-state index contributed by atoms with van der Waals surface area (Å²) in [5.41, 5.74) is 3.50. The highest BCUT2D eigenvalue weighted by Gasteiger charge is 2.25. The number of hydrogen-bond acceptors (Lipinski definition) is 5. The molecule has 0 saturated heterocycles. The molecule has 1 atom stereocenters. The summed E-state index contributed by atoms with van der Waals surface area (Å²) in [6, 6.07) is 13.3. The van der Waals surface area contributed by atoms with Gasteiger partial charge in [0.15, 0.2) is 6.10 Å². The van der Waals surface area contributed by atoms with Gasteiger partial charge in [0.2, 0.25) is 0 Å². The Hall–Kier alpha value is -3.06. The van der Waals surface area contributed by atoms with Crippen LogP contribution in [0.2, 0.25) is 0 Å². The molecule has 1 unspecified atom stereocenters. The highest BCUT2D eigenvalue weighted by molar-refractivity contribution is 5.72. The number of aliphatic carboxylic acids is 1. The first-order chi connectivity index (χ1) is 17.0. The third-order valence-corrected chi connectivity index (χ3v) is 6.85. The molecule has 0 radical (unpaired) electrons. The van der Waals surface area contributed by atoms with Gasteiger partial charge in [-0.3, -0.25) is 0 Å². The summed E-state index contributed by atoms with van der Waals surface area (Å²) in [5.74, 6) is 0.838. The molecule has 0 bridgehead atoms. The number of fused-ring (bicyclic) bond motifs is 1. The number of aryl methyl sites for hydroxylation is 2. The number of hydrogen-bond donors (Lipinski definition) is 1. The van der Waals surface area contributed by atoms with Crippen molar-refractivity contribution in [1.82, 2.24) is 4.90 Å². The lowest BCUT2D eigenvalue weighted by Crippen LogP contribution is -2.41. The summed E-state index contributed by atoms with van der Waals surface area (Å²) in [7, 11) is 0. The Balaban J connectivity index is 1.30. The van der Waals surface area contributed by atoms with Crippen molar-refractivity contribution in [1.29, 1.82) is 0 Å². The molecule has 188 valence electrons. The van der Waals surface area contributed by atoms with Crippen LogP contribution in [0.4, 0.5) is 4.79 Å². The van der Waals surface area contributed by atoms with Crippen molar-refractivity contribution < 1.29 is 28.9 Å². The van der Waals surface area contributed by atoms with E-state index in [1.165, 1.54) is 17.5 Å². The van der Waals surface area contributed by atoms with E-state index >= 15 is 0 Å². The van der Waals surface area contributed by atoms with Crippen molar-refractivity contribution in [3.05, 3.63) is 59.2 Å². The number of rotatable bonds is 12. The molecule has 1 saturated carbocycles. The zero-order chi connectivity index (χ0) is 24.6. The van der Waals surface area contributed by atoms with Gasteiger partial charge in [-0.2, -0.15) is 0 Å². The van der Waals surface area contributed by atoms with Gasteiger partial charge in [0.25, 0.3) is 0 Å². The Morgan fingerprint density at radius 1 is 1.03 bits per heavy atom. The largest absolute Gasteiger partial charge is 0.492 e. The van der Waals surface area contributed by atoms with Gasteiger partial charge in [0.05, 0.1) is 6.54 Å². The van der Waals surface area contributed by atoms with Crippen LogP contribution in [0.15, 0.2) is 42.5 Å². The van der Waals surface area contributed by atoms with Crippen LogP contribution in [0.5, 0.6) is 11.5 Å². The Morgan fingerprint density at radius 2 is 1.77 bits per heavy atom. The van der Waals surface area contributed by atoms with Gasteiger partial charge < -0.3 is 24.2 Å². The van der Waals surface area contributed by atoms with Crippen molar-refractivity contribution in [2.75, 3.05) is 26.3 Å². The predicted octanol–water partition coefficient (Wildman–Crippen LogP) is 4.89. The number of carbonyl (C=O) groups is 2. The smallest absolute Gasteiger partial charge is 0.415 e. The topological polar surface area (TPSA) is 85.3 Å². The molecular weight excluding hydrogens is 446 g/mol. The highest BCUT2D eigenvalue weighted by Crippen LogP contribution is 2.29. The van der Waals surface area contributed by atoms with E-state index in [1.54, 1.807) is 11.8 Å². The normalized spacial score (nSPS) is 15.7. The average molecular weight is 482 g/mol. The lowest BCUT2D eigenvalue weighted by atomic mass is 9.85. The van der Waals surface area contributed by atoms with Crippen molar-refractivity contribution in [3.8, 4) is 11.5 Å². The van der Waals surface area contributed by atoms with Gasteiger partial charge in [-0.25, -0.2) is 9.59 Å². The van der Waals surface area contributed by atoms with E-state index in [9.17, 15) is 14.7 Å². The number of carboxylic acids is 1. The summed E-state index contributed by atoms with van der Waals surface area (Å²) in [5, 5.41) is 9.26. The maximum absolute atomic E-state index is 13.0. The van der Waals surface area contributed by atoms with Crippen molar-refractivity contribution in [2.45, 2.75) is 58.0 Å². The van der Waals surface area contributed by atoms with Crippen LogP contribution in [-0.2, 0) is 28.8 Å². The van der Waals surface area contributed by atoms with E-state index in [2.05, 4.69) is 6.07 Å². The quantitative estimate of drug-likeness (QED) is 0.465. The molecule has 1 fully saturated rings. The standard InChI is InChI=1S/C28H35NO6/c1-2-33-26(27(30)31)17-20-9-12-24(13-10-20)34-16-15-29(19-21-5-3-6-21)28(32)35-25-14-11-22-7-4-8-23(22)18-25/h9-14,18,21,26H,2-8,15-17,19H2,1H3,(H,30,31). The van der Waals surface area contributed by atoms with Crippen LogP contribution in [0.25, 0.3) is 0 Å². The Kier molecular flexibility index (Phi) is 8.64. The van der Waals surface area contributed by atoms with Crippen LogP contribution in [0.3, 0.4) is 0 Å². The fraction of sp³-hybridized carbons (Fsp3) is 0.500. The number of carboxylic acid groups (broad SMARTS) is 1. The summed E-state index contributed by atoms with van der Waals surface area (Å²) in [4.78, 5) is 26.0. The Labute approximate surface area is 207 Å². The second kappa shape index (κ2) is 12.1. The summed E-state index contributed by atoms with van der Waals surface area (Å²) in [6.45, 7) is 3.60. The van der Waals surface area contributed by atoms with Crippen molar-refractivity contribution >= 4 is 12.1 Å². The second-order valence-electron chi connectivity index (χ2n) is 9.37. The minimum Gasteiger partial charge on any atom is -0.492 e.